The van der Waals surface area contributed by atoms with Gasteiger partial charge in [-0.25, -0.2) is 0 Å². The minimum atomic E-state index is -0.138. The predicted molar refractivity (Wildman–Crippen MR) is 73.9 cm³/mol. The van der Waals surface area contributed by atoms with E-state index in [1.807, 2.05) is 6.92 Å². The molecule has 0 saturated heterocycles. The van der Waals surface area contributed by atoms with Crippen LogP contribution in [-0.2, 0) is 17.7 Å². The van der Waals surface area contributed by atoms with Crippen LogP contribution in [0.3, 0.4) is 0 Å². The van der Waals surface area contributed by atoms with Crippen molar-refractivity contribution in [3.8, 4) is 0 Å². The fourth-order valence-corrected chi connectivity index (χ4v) is 1.97. The van der Waals surface area contributed by atoms with E-state index in [2.05, 4.69) is 10.1 Å². The van der Waals surface area contributed by atoms with Crippen molar-refractivity contribution in [2.45, 2.75) is 26.8 Å². The minimum Gasteiger partial charge on any atom is -0.466 e. The number of hydrogen-bond acceptors (Lipinski definition) is 6. The molecule has 1 amide bonds. The quantitative estimate of drug-likeness (QED) is 0.807. The number of aryl methyl sites for hydroxylation is 2. The molecule has 0 saturated carbocycles. The zero-order chi connectivity index (χ0) is 15.4. The van der Waals surface area contributed by atoms with E-state index in [1.165, 1.54) is 4.90 Å². The zero-order valence-corrected chi connectivity index (χ0v) is 12.7. The molecule has 0 bridgehead atoms. The molecule has 0 aliphatic rings. The summed E-state index contributed by atoms with van der Waals surface area (Å²) >= 11 is 0. The average molecular weight is 293 g/mol. The fraction of sp³-hybridized carbons (Fsp3) is 0.500. The molecular formula is C14H19N3O4. The number of amides is 1. The maximum Gasteiger partial charge on any atom is 0.257 e. The van der Waals surface area contributed by atoms with Gasteiger partial charge in [0.2, 0.25) is 5.89 Å². The number of furan rings is 1. The van der Waals surface area contributed by atoms with Crippen molar-refractivity contribution in [1.82, 2.24) is 15.0 Å². The van der Waals surface area contributed by atoms with Crippen LogP contribution in [0.2, 0.25) is 0 Å². The first kappa shape index (κ1) is 15.2. The molecule has 2 aromatic heterocycles. The summed E-state index contributed by atoms with van der Waals surface area (Å²) in [6, 6.07) is 1.73. The highest BCUT2D eigenvalue weighted by molar-refractivity contribution is 5.95. The largest absolute Gasteiger partial charge is 0.466 e. The molecule has 0 unspecified atom stereocenters. The van der Waals surface area contributed by atoms with Gasteiger partial charge in [0.1, 0.15) is 11.5 Å². The van der Waals surface area contributed by atoms with Gasteiger partial charge in [-0.2, -0.15) is 4.98 Å². The molecule has 0 atom stereocenters. The Morgan fingerprint density at radius 1 is 1.43 bits per heavy atom. The molecule has 0 N–H and O–H groups in total. The van der Waals surface area contributed by atoms with E-state index < -0.39 is 0 Å². The van der Waals surface area contributed by atoms with Crippen molar-refractivity contribution >= 4 is 5.91 Å². The molecule has 114 valence electrons. The maximum absolute atomic E-state index is 12.3. The van der Waals surface area contributed by atoms with Crippen LogP contribution >= 0.6 is 0 Å². The van der Waals surface area contributed by atoms with Crippen LogP contribution < -0.4 is 0 Å². The van der Waals surface area contributed by atoms with Crippen LogP contribution in [0.25, 0.3) is 0 Å². The van der Waals surface area contributed by atoms with Gasteiger partial charge < -0.3 is 18.6 Å². The number of hydrogen-bond donors (Lipinski definition) is 0. The Hall–Kier alpha value is -2.15. The summed E-state index contributed by atoms with van der Waals surface area (Å²) in [6.45, 7) is 4.36. The van der Waals surface area contributed by atoms with Crippen LogP contribution in [0.1, 0.15) is 33.6 Å². The first-order chi connectivity index (χ1) is 10.0. The number of methoxy groups -OCH3 is 1. The predicted octanol–water partition coefficient (Wildman–Crippen LogP) is 1.74. The number of carbonyl (C=O) groups is 1. The van der Waals surface area contributed by atoms with E-state index in [1.54, 1.807) is 27.1 Å². The van der Waals surface area contributed by atoms with Crippen molar-refractivity contribution in [1.29, 1.82) is 0 Å². The summed E-state index contributed by atoms with van der Waals surface area (Å²) in [5.74, 6) is 2.15. The van der Waals surface area contributed by atoms with E-state index in [-0.39, 0.29) is 12.5 Å². The lowest BCUT2D eigenvalue weighted by Crippen LogP contribution is -2.26. The summed E-state index contributed by atoms with van der Waals surface area (Å²) in [4.78, 5) is 18.1. The third kappa shape index (κ3) is 3.69. The molecular weight excluding hydrogens is 274 g/mol. The Kier molecular flexibility index (Phi) is 4.74. The molecule has 7 nitrogen and oxygen atoms in total. The van der Waals surface area contributed by atoms with Gasteiger partial charge >= 0.3 is 0 Å². The van der Waals surface area contributed by atoms with Crippen LogP contribution in [-0.4, -0.2) is 41.7 Å². The number of rotatable bonds is 6. The molecule has 0 fully saturated rings. The maximum atomic E-state index is 12.3. The number of ether oxygens (including phenoxy) is 1. The Morgan fingerprint density at radius 2 is 2.19 bits per heavy atom. The van der Waals surface area contributed by atoms with Gasteiger partial charge in [-0.3, -0.25) is 4.79 Å². The molecule has 7 heteroatoms. The lowest BCUT2D eigenvalue weighted by atomic mass is 10.2. The Labute approximate surface area is 122 Å². The highest BCUT2D eigenvalue weighted by atomic mass is 16.5. The van der Waals surface area contributed by atoms with Gasteiger partial charge in [0.25, 0.3) is 5.91 Å². The normalized spacial score (nSPS) is 10.9. The van der Waals surface area contributed by atoms with E-state index in [9.17, 15) is 4.79 Å². The van der Waals surface area contributed by atoms with E-state index in [0.717, 1.165) is 0 Å². The highest BCUT2D eigenvalue weighted by Crippen LogP contribution is 2.16. The second-order valence-electron chi connectivity index (χ2n) is 4.84. The lowest BCUT2D eigenvalue weighted by Gasteiger charge is -2.13. The van der Waals surface area contributed by atoms with Crippen molar-refractivity contribution < 1.29 is 18.5 Å². The standard InChI is InChI=1S/C14H19N3O4/c1-9-7-11(10(2)20-9)14(18)17(3)8-13-15-12(16-21-13)5-6-19-4/h7H,5-6,8H2,1-4H3. The molecule has 2 aromatic rings. The number of carbonyl (C=O) groups excluding carboxylic acids is 1. The number of aromatic nitrogens is 2. The molecule has 2 heterocycles. The second kappa shape index (κ2) is 6.53. The summed E-state index contributed by atoms with van der Waals surface area (Å²) in [5.41, 5.74) is 0.550. The fourth-order valence-electron chi connectivity index (χ4n) is 1.97. The third-order valence-corrected chi connectivity index (χ3v) is 3.03. The van der Waals surface area contributed by atoms with Crippen molar-refractivity contribution in [3.05, 3.63) is 34.9 Å². The van der Waals surface area contributed by atoms with E-state index in [0.29, 0.717) is 41.8 Å². The smallest absolute Gasteiger partial charge is 0.257 e. The minimum absolute atomic E-state index is 0.138. The molecule has 0 aliphatic carbocycles. The van der Waals surface area contributed by atoms with Gasteiger partial charge in [0.05, 0.1) is 18.7 Å². The molecule has 2 rings (SSSR count). The molecule has 21 heavy (non-hydrogen) atoms. The van der Waals surface area contributed by atoms with Crippen molar-refractivity contribution in [3.63, 3.8) is 0 Å². The van der Waals surface area contributed by atoms with Gasteiger partial charge in [-0.15, -0.1) is 0 Å². The van der Waals surface area contributed by atoms with Gasteiger partial charge in [0.15, 0.2) is 5.82 Å². The Bertz CT molecular complexity index is 618. The summed E-state index contributed by atoms with van der Waals surface area (Å²) in [7, 11) is 3.30. The number of nitrogens with zero attached hydrogens (tertiary/aromatic N) is 3. The summed E-state index contributed by atoms with van der Waals surface area (Å²) < 4.78 is 15.4. The highest BCUT2D eigenvalue weighted by Gasteiger charge is 2.19. The first-order valence-corrected chi connectivity index (χ1v) is 6.64. The second-order valence-corrected chi connectivity index (χ2v) is 4.84. The van der Waals surface area contributed by atoms with E-state index in [4.69, 9.17) is 13.7 Å². The zero-order valence-electron chi connectivity index (χ0n) is 12.7. The van der Waals surface area contributed by atoms with Crippen LogP contribution in [0.15, 0.2) is 15.0 Å². The monoisotopic (exact) mass is 293 g/mol. The summed E-state index contributed by atoms with van der Waals surface area (Å²) in [6.07, 6.45) is 0.581. The average Bonchev–Trinajstić information content (AvgIpc) is 3.02. The van der Waals surface area contributed by atoms with Crippen molar-refractivity contribution in [2.24, 2.45) is 0 Å². The topological polar surface area (TPSA) is 81.6 Å². The van der Waals surface area contributed by atoms with Crippen LogP contribution in [0, 0.1) is 13.8 Å². The first-order valence-electron chi connectivity index (χ1n) is 6.64. The molecule has 0 radical (unpaired) electrons. The lowest BCUT2D eigenvalue weighted by molar-refractivity contribution is 0.0768. The van der Waals surface area contributed by atoms with Crippen LogP contribution in [0.5, 0.6) is 0 Å². The summed E-state index contributed by atoms with van der Waals surface area (Å²) in [5, 5.41) is 3.84. The molecule has 0 spiro atoms. The van der Waals surface area contributed by atoms with Gasteiger partial charge in [-0.05, 0) is 19.9 Å². The SMILES string of the molecule is COCCc1noc(CN(C)C(=O)c2cc(C)oc2C)n1. The van der Waals surface area contributed by atoms with E-state index >= 15 is 0 Å². The Morgan fingerprint density at radius 3 is 2.81 bits per heavy atom. The van der Waals surface area contributed by atoms with Crippen molar-refractivity contribution in [2.75, 3.05) is 20.8 Å². The van der Waals surface area contributed by atoms with Crippen LogP contribution in [0.4, 0.5) is 0 Å². The van der Waals surface area contributed by atoms with Gasteiger partial charge in [0, 0.05) is 20.6 Å². The molecule has 0 aliphatic heterocycles. The third-order valence-electron chi connectivity index (χ3n) is 3.03. The van der Waals surface area contributed by atoms with Gasteiger partial charge in [-0.1, -0.05) is 5.16 Å². The Balaban J connectivity index is 2.00. The molecule has 0 aromatic carbocycles.